The van der Waals surface area contributed by atoms with Crippen LogP contribution in [-0.2, 0) is 0 Å². The SMILES string of the molecule is CC(C)CC(CO)NC/C=C/c1ccc(F)cc1. The second kappa shape index (κ2) is 8.01. The number of aliphatic hydroxyl groups is 1. The number of halogens is 1. The van der Waals surface area contributed by atoms with Gasteiger partial charge in [0.1, 0.15) is 5.82 Å². The van der Waals surface area contributed by atoms with Crippen LogP contribution in [0.15, 0.2) is 30.3 Å². The standard InChI is InChI=1S/C15H22FNO/c1-12(2)10-15(11-18)17-9-3-4-13-5-7-14(16)8-6-13/h3-8,12,15,17-18H,9-11H2,1-2H3/b4-3+. The van der Waals surface area contributed by atoms with E-state index in [0.29, 0.717) is 12.5 Å². The summed E-state index contributed by atoms with van der Waals surface area (Å²) >= 11 is 0. The van der Waals surface area contributed by atoms with Crippen LogP contribution in [-0.4, -0.2) is 24.3 Å². The summed E-state index contributed by atoms with van der Waals surface area (Å²) in [5.41, 5.74) is 0.975. The second-order valence-corrected chi connectivity index (χ2v) is 4.87. The fraction of sp³-hybridized carbons (Fsp3) is 0.467. The molecule has 3 heteroatoms. The van der Waals surface area contributed by atoms with Crippen LogP contribution in [0, 0.1) is 11.7 Å². The predicted octanol–water partition coefficient (Wildman–Crippen LogP) is 2.84. The molecule has 1 atom stereocenters. The van der Waals surface area contributed by atoms with Crippen molar-refractivity contribution >= 4 is 6.08 Å². The fourth-order valence-electron chi connectivity index (χ4n) is 1.80. The molecule has 100 valence electrons. The molecule has 0 fully saturated rings. The van der Waals surface area contributed by atoms with Crippen molar-refractivity contribution in [2.24, 2.45) is 5.92 Å². The monoisotopic (exact) mass is 251 g/mol. The summed E-state index contributed by atoms with van der Waals surface area (Å²) in [5.74, 6) is 0.346. The summed E-state index contributed by atoms with van der Waals surface area (Å²) in [7, 11) is 0. The summed E-state index contributed by atoms with van der Waals surface area (Å²) in [6.45, 7) is 5.13. The molecule has 0 amide bonds. The van der Waals surface area contributed by atoms with E-state index < -0.39 is 0 Å². The van der Waals surface area contributed by atoms with Crippen molar-refractivity contribution in [3.05, 3.63) is 41.7 Å². The molecule has 0 radical (unpaired) electrons. The summed E-state index contributed by atoms with van der Waals surface area (Å²) in [6, 6.07) is 6.51. The minimum absolute atomic E-state index is 0.142. The molecule has 0 bridgehead atoms. The highest BCUT2D eigenvalue weighted by Gasteiger charge is 2.07. The minimum atomic E-state index is -0.220. The van der Waals surface area contributed by atoms with Crippen LogP contribution in [0.25, 0.3) is 6.08 Å². The van der Waals surface area contributed by atoms with Crippen molar-refractivity contribution in [3.63, 3.8) is 0 Å². The molecule has 18 heavy (non-hydrogen) atoms. The van der Waals surface area contributed by atoms with E-state index in [0.717, 1.165) is 12.0 Å². The zero-order chi connectivity index (χ0) is 13.4. The Balaban J connectivity index is 2.33. The first kappa shape index (κ1) is 14.9. The van der Waals surface area contributed by atoms with Crippen LogP contribution < -0.4 is 5.32 Å². The molecular formula is C15H22FNO. The molecule has 0 heterocycles. The van der Waals surface area contributed by atoms with Gasteiger partial charge in [-0.15, -0.1) is 0 Å². The van der Waals surface area contributed by atoms with Crippen molar-refractivity contribution in [3.8, 4) is 0 Å². The average molecular weight is 251 g/mol. The Bertz CT molecular complexity index is 359. The molecule has 0 saturated heterocycles. The molecule has 0 saturated carbocycles. The van der Waals surface area contributed by atoms with Crippen LogP contribution in [0.4, 0.5) is 4.39 Å². The van der Waals surface area contributed by atoms with Gasteiger partial charge in [0.05, 0.1) is 6.61 Å². The molecule has 1 aromatic rings. The van der Waals surface area contributed by atoms with E-state index in [9.17, 15) is 9.50 Å². The van der Waals surface area contributed by atoms with Gasteiger partial charge in [-0.1, -0.05) is 38.1 Å². The largest absolute Gasteiger partial charge is 0.395 e. The molecule has 2 N–H and O–H groups in total. The molecule has 0 aliphatic rings. The van der Waals surface area contributed by atoms with Crippen molar-refractivity contribution in [2.45, 2.75) is 26.3 Å². The van der Waals surface area contributed by atoms with Crippen molar-refractivity contribution in [2.75, 3.05) is 13.2 Å². The lowest BCUT2D eigenvalue weighted by Crippen LogP contribution is -2.33. The van der Waals surface area contributed by atoms with Crippen molar-refractivity contribution in [1.29, 1.82) is 0 Å². The van der Waals surface area contributed by atoms with Gasteiger partial charge in [-0.2, -0.15) is 0 Å². The first-order valence-corrected chi connectivity index (χ1v) is 6.38. The summed E-state index contributed by atoms with van der Waals surface area (Å²) in [6.07, 6.45) is 4.88. The first-order chi connectivity index (χ1) is 8.61. The van der Waals surface area contributed by atoms with E-state index >= 15 is 0 Å². The van der Waals surface area contributed by atoms with Gasteiger partial charge in [-0.05, 0) is 30.0 Å². The van der Waals surface area contributed by atoms with E-state index in [1.165, 1.54) is 12.1 Å². The lowest BCUT2D eigenvalue weighted by Gasteiger charge is -2.16. The number of benzene rings is 1. The number of rotatable bonds is 7. The van der Waals surface area contributed by atoms with E-state index in [4.69, 9.17) is 0 Å². The third-order valence-electron chi connectivity index (χ3n) is 2.68. The van der Waals surface area contributed by atoms with Crippen LogP contribution >= 0.6 is 0 Å². The molecule has 2 nitrogen and oxygen atoms in total. The second-order valence-electron chi connectivity index (χ2n) is 4.87. The highest BCUT2D eigenvalue weighted by Crippen LogP contribution is 2.05. The maximum Gasteiger partial charge on any atom is 0.123 e. The van der Waals surface area contributed by atoms with Gasteiger partial charge in [0.2, 0.25) is 0 Å². The summed E-state index contributed by atoms with van der Waals surface area (Å²) in [4.78, 5) is 0. The lowest BCUT2D eigenvalue weighted by molar-refractivity contribution is 0.228. The van der Waals surface area contributed by atoms with Gasteiger partial charge < -0.3 is 10.4 Å². The van der Waals surface area contributed by atoms with Gasteiger partial charge in [0.25, 0.3) is 0 Å². The molecule has 0 aromatic heterocycles. The maximum absolute atomic E-state index is 12.7. The number of nitrogens with one attached hydrogen (secondary N) is 1. The first-order valence-electron chi connectivity index (χ1n) is 6.38. The number of aliphatic hydroxyl groups excluding tert-OH is 1. The molecular weight excluding hydrogens is 229 g/mol. The average Bonchev–Trinajstić information content (AvgIpc) is 2.34. The topological polar surface area (TPSA) is 32.3 Å². The van der Waals surface area contributed by atoms with Crippen molar-refractivity contribution < 1.29 is 9.50 Å². The third-order valence-corrected chi connectivity index (χ3v) is 2.68. The normalized spacial score (nSPS) is 13.4. The van der Waals surface area contributed by atoms with Crippen LogP contribution in [0.1, 0.15) is 25.8 Å². The molecule has 1 rings (SSSR count). The molecule has 0 aliphatic heterocycles. The minimum Gasteiger partial charge on any atom is -0.395 e. The molecule has 0 spiro atoms. The van der Waals surface area contributed by atoms with Crippen LogP contribution in [0.5, 0.6) is 0 Å². The molecule has 1 unspecified atom stereocenters. The van der Waals surface area contributed by atoms with E-state index in [-0.39, 0.29) is 18.5 Å². The van der Waals surface area contributed by atoms with E-state index in [1.807, 2.05) is 12.2 Å². The fourth-order valence-corrected chi connectivity index (χ4v) is 1.80. The Morgan fingerprint density at radius 2 is 1.94 bits per heavy atom. The van der Waals surface area contributed by atoms with Gasteiger partial charge in [-0.25, -0.2) is 4.39 Å². The Kier molecular flexibility index (Phi) is 6.61. The molecule has 1 aromatic carbocycles. The van der Waals surface area contributed by atoms with E-state index in [2.05, 4.69) is 19.2 Å². The highest BCUT2D eigenvalue weighted by atomic mass is 19.1. The predicted molar refractivity (Wildman–Crippen MR) is 73.8 cm³/mol. The van der Waals surface area contributed by atoms with Crippen LogP contribution in [0.3, 0.4) is 0 Å². The zero-order valence-corrected chi connectivity index (χ0v) is 11.1. The quantitative estimate of drug-likeness (QED) is 0.781. The molecule has 0 aliphatic carbocycles. The Hall–Kier alpha value is -1.19. The van der Waals surface area contributed by atoms with Crippen LogP contribution in [0.2, 0.25) is 0 Å². The number of hydrogen-bond acceptors (Lipinski definition) is 2. The maximum atomic E-state index is 12.7. The Morgan fingerprint density at radius 3 is 2.50 bits per heavy atom. The van der Waals surface area contributed by atoms with Gasteiger partial charge in [0.15, 0.2) is 0 Å². The van der Waals surface area contributed by atoms with Gasteiger partial charge >= 0.3 is 0 Å². The van der Waals surface area contributed by atoms with Gasteiger partial charge in [0, 0.05) is 12.6 Å². The van der Waals surface area contributed by atoms with E-state index in [1.54, 1.807) is 12.1 Å². The third kappa shape index (κ3) is 5.94. The summed E-state index contributed by atoms with van der Waals surface area (Å²) in [5, 5.41) is 12.5. The summed E-state index contributed by atoms with van der Waals surface area (Å²) < 4.78 is 12.7. The Morgan fingerprint density at radius 1 is 1.28 bits per heavy atom. The van der Waals surface area contributed by atoms with Gasteiger partial charge in [-0.3, -0.25) is 0 Å². The number of hydrogen-bond donors (Lipinski definition) is 2. The Labute approximate surface area is 109 Å². The smallest absolute Gasteiger partial charge is 0.123 e. The van der Waals surface area contributed by atoms with Crippen molar-refractivity contribution in [1.82, 2.24) is 5.32 Å². The lowest BCUT2D eigenvalue weighted by atomic mass is 10.0. The highest BCUT2D eigenvalue weighted by molar-refractivity contribution is 5.48. The zero-order valence-electron chi connectivity index (χ0n) is 11.1.